The Labute approximate surface area is 195 Å². The summed E-state index contributed by atoms with van der Waals surface area (Å²) in [6, 6.07) is 9.36. The first-order chi connectivity index (χ1) is 16.1. The second-order valence-corrected chi connectivity index (χ2v) is 7.39. The summed E-state index contributed by atoms with van der Waals surface area (Å²) in [6.07, 6.45) is -3.56. The minimum absolute atomic E-state index is 0.0420. The summed E-state index contributed by atoms with van der Waals surface area (Å²) in [5, 5.41) is 10.00. The highest BCUT2D eigenvalue weighted by atomic mass is 35.5. The average Bonchev–Trinajstić information content (AvgIpc) is 3.35. The summed E-state index contributed by atoms with van der Waals surface area (Å²) in [5.41, 5.74) is -1.50. The van der Waals surface area contributed by atoms with Crippen molar-refractivity contribution in [3.63, 3.8) is 0 Å². The molecular formula is C21H16ClF3N6O3. The van der Waals surface area contributed by atoms with Gasteiger partial charge in [0.05, 0.1) is 18.5 Å². The number of para-hydroxylation sites is 1. The van der Waals surface area contributed by atoms with Gasteiger partial charge in [-0.15, -0.1) is 0 Å². The smallest absolute Gasteiger partial charge is 0.433 e. The van der Waals surface area contributed by atoms with Crippen LogP contribution in [0.3, 0.4) is 0 Å². The summed E-state index contributed by atoms with van der Waals surface area (Å²) >= 11 is 6.21. The van der Waals surface area contributed by atoms with Crippen LogP contribution in [-0.2, 0) is 10.9 Å². The number of rotatable bonds is 5. The van der Waals surface area contributed by atoms with Gasteiger partial charge in [-0.3, -0.25) is 4.79 Å². The maximum Gasteiger partial charge on any atom is 0.433 e. The third kappa shape index (κ3) is 4.19. The number of benzene rings is 1. The van der Waals surface area contributed by atoms with E-state index in [0.29, 0.717) is 10.2 Å². The van der Waals surface area contributed by atoms with Gasteiger partial charge in [-0.2, -0.15) is 23.4 Å². The van der Waals surface area contributed by atoms with Crippen molar-refractivity contribution < 1.29 is 27.5 Å². The van der Waals surface area contributed by atoms with E-state index in [1.165, 1.54) is 17.8 Å². The number of carbonyl (C=O) groups excluding carboxylic acids is 2. The molecule has 34 heavy (non-hydrogen) atoms. The maximum absolute atomic E-state index is 13.5. The molecule has 0 aliphatic heterocycles. The van der Waals surface area contributed by atoms with E-state index in [1.807, 2.05) is 0 Å². The highest BCUT2D eigenvalue weighted by molar-refractivity contribution is 6.37. The lowest BCUT2D eigenvalue weighted by Gasteiger charge is -2.10. The van der Waals surface area contributed by atoms with E-state index in [4.69, 9.17) is 16.3 Å². The van der Waals surface area contributed by atoms with Gasteiger partial charge in [0, 0.05) is 5.69 Å². The van der Waals surface area contributed by atoms with E-state index >= 15 is 0 Å². The van der Waals surface area contributed by atoms with Gasteiger partial charge >= 0.3 is 12.1 Å². The third-order valence-corrected chi connectivity index (χ3v) is 5.01. The molecule has 0 spiro atoms. The number of esters is 1. The van der Waals surface area contributed by atoms with Crippen LogP contribution >= 0.6 is 11.6 Å². The first kappa shape index (κ1) is 23.2. The van der Waals surface area contributed by atoms with E-state index < -0.39 is 29.4 Å². The number of nitrogens with zero attached hydrogens (tertiary/aromatic N) is 5. The fraction of sp³-hybridized carbons (Fsp3) is 0.190. The molecule has 4 rings (SSSR count). The number of carbonyl (C=O) groups is 2. The number of nitrogens with one attached hydrogen (secondary N) is 1. The van der Waals surface area contributed by atoms with Gasteiger partial charge in [-0.05, 0) is 32.0 Å². The van der Waals surface area contributed by atoms with Crippen molar-refractivity contribution in [1.29, 1.82) is 0 Å². The average molecular weight is 493 g/mol. The number of halogens is 4. The fourth-order valence-corrected chi connectivity index (χ4v) is 3.46. The molecule has 0 saturated heterocycles. The molecule has 0 bridgehead atoms. The zero-order valence-electron chi connectivity index (χ0n) is 17.7. The Morgan fingerprint density at radius 1 is 1.21 bits per heavy atom. The number of fused-ring (bicyclic) bond motifs is 1. The van der Waals surface area contributed by atoms with Crippen LogP contribution in [0.25, 0.3) is 11.3 Å². The number of aryl methyl sites for hydroxylation is 1. The monoisotopic (exact) mass is 492 g/mol. The van der Waals surface area contributed by atoms with Crippen molar-refractivity contribution in [2.45, 2.75) is 20.0 Å². The molecule has 0 aliphatic rings. The lowest BCUT2D eigenvalue weighted by molar-refractivity contribution is -0.142. The highest BCUT2D eigenvalue weighted by Crippen LogP contribution is 2.32. The Morgan fingerprint density at radius 3 is 2.56 bits per heavy atom. The third-order valence-electron chi connectivity index (χ3n) is 4.66. The second-order valence-electron chi connectivity index (χ2n) is 7.01. The molecule has 0 unspecified atom stereocenters. The van der Waals surface area contributed by atoms with Crippen molar-refractivity contribution in [3.05, 3.63) is 70.3 Å². The predicted octanol–water partition coefficient (Wildman–Crippen LogP) is 4.32. The molecule has 9 nitrogen and oxygen atoms in total. The largest absolute Gasteiger partial charge is 0.462 e. The number of alkyl halides is 3. The Balaban J connectivity index is 1.81. The molecule has 3 heterocycles. The van der Waals surface area contributed by atoms with Crippen LogP contribution in [0.4, 0.5) is 19.0 Å². The molecule has 0 fully saturated rings. The number of hydrogen-bond donors (Lipinski definition) is 1. The molecule has 3 aromatic heterocycles. The zero-order chi connectivity index (χ0) is 24.6. The number of hydrogen-bond acceptors (Lipinski definition) is 6. The van der Waals surface area contributed by atoms with Crippen LogP contribution in [0.5, 0.6) is 0 Å². The fourth-order valence-electron chi connectivity index (χ4n) is 3.22. The minimum atomic E-state index is -4.77. The topological polar surface area (TPSA) is 103 Å². The van der Waals surface area contributed by atoms with Crippen LogP contribution < -0.4 is 5.32 Å². The van der Waals surface area contributed by atoms with Crippen molar-refractivity contribution in [3.8, 4) is 5.69 Å². The van der Waals surface area contributed by atoms with Gasteiger partial charge in [-0.1, -0.05) is 29.8 Å². The van der Waals surface area contributed by atoms with E-state index in [0.717, 1.165) is 6.07 Å². The normalized spacial score (nSPS) is 11.6. The van der Waals surface area contributed by atoms with E-state index in [1.54, 1.807) is 37.3 Å². The van der Waals surface area contributed by atoms with Gasteiger partial charge in [0.15, 0.2) is 17.2 Å². The summed E-state index contributed by atoms with van der Waals surface area (Å²) in [7, 11) is 0. The number of anilines is 1. The van der Waals surface area contributed by atoms with Crippen LogP contribution in [0, 0.1) is 6.92 Å². The van der Waals surface area contributed by atoms with Crippen LogP contribution in [0.1, 0.15) is 39.2 Å². The molecule has 13 heteroatoms. The lowest BCUT2D eigenvalue weighted by atomic mass is 10.3. The van der Waals surface area contributed by atoms with Crippen molar-refractivity contribution in [2.24, 2.45) is 0 Å². The molecule has 1 aromatic carbocycles. The molecule has 0 radical (unpaired) electrons. The van der Waals surface area contributed by atoms with E-state index in [2.05, 4.69) is 20.5 Å². The Morgan fingerprint density at radius 2 is 1.91 bits per heavy atom. The SMILES string of the molecule is CCOC(=O)c1cnn(-c2ccccc2)c1NC(=O)c1nn2c(C(F)(F)F)cc(C)nc2c1Cl. The van der Waals surface area contributed by atoms with Crippen molar-refractivity contribution in [1.82, 2.24) is 24.4 Å². The van der Waals surface area contributed by atoms with Crippen LogP contribution in [0.15, 0.2) is 42.6 Å². The molecule has 0 atom stereocenters. The Kier molecular flexibility index (Phi) is 6.00. The van der Waals surface area contributed by atoms with Gasteiger partial charge in [0.2, 0.25) is 0 Å². The molecule has 0 aliphatic carbocycles. The van der Waals surface area contributed by atoms with Crippen molar-refractivity contribution in [2.75, 3.05) is 11.9 Å². The summed E-state index contributed by atoms with van der Waals surface area (Å²) in [5.74, 6) is -1.79. The number of aromatic nitrogens is 5. The maximum atomic E-state index is 13.5. The molecule has 176 valence electrons. The van der Waals surface area contributed by atoms with E-state index in [-0.39, 0.29) is 34.4 Å². The Bertz CT molecular complexity index is 1400. The van der Waals surface area contributed by atoms with Crippen LogP contribution in [-0.4, -0.2) is 42.9 Å². The summed E-state index contributed by atoms with van der Waals surface area (Å²) < 4.78 is 47.3. The lowest BCUT2D eigenvalue weighted by Crippen LogP contribution is -2.19. The second kappa shape index (κ2) is 8.78. The molecule has 0 saturated carbocycles. The number of ether oxygens (including phenoxy) is 1. The Hall–Kier alpha value is -3.93. The first-order valence-corrected chi connectivity index (χ1v) is 10.2. The first-order valence-electron chi connectivity index (χ1n) is 9.86. The molecule has 1 amide bonds. The quantitative estimate of drug-likeness (QED) is 0.416. The summed E-state index contributed by atoms with van der Waals surface area (Å²) in [4.78, 5) is 29.5. The van der Waals surface area contributed by atoms with Crippen molar-refractivity contribution >= 4 is 34.9 Å². The van der Waals surface area contributed by atoms with Gasteiger partial charge < -0.3 is 10.1 Å². The van der Waals surface area contributed by atoms with E-state index in [9.17, 15) is 22.8 Å². The standard InChI is InChI=1S/C21H16ClF3N6O3/c1-3-34-20(33)13-10-26-30(12-7-5-4-6-8-12)17(13)28-19(32)16-15(22)18-27-11(2)9-14(21(23,24)25)31(18)29-16/h4-10H,3H2,1-2H3,(H,28,32). The molecular weight excluding hydrogens is 477 g/mol. The molecule has 1 N–H and O–H groups in total. The minimum Gasteiger partial charge on any atom is -0.462 e. The molecule has 4 aromatic rings. The van der Waals surface area contributed by atoms with Gasteiger partial charge in [0.25, 0.3) is 5.91 Å². The predicted molar refractivity (Wildman–Crippen MR) is 115 cm³/mol. The highest BCUT2D eigenvalue weighted by Gasteiger charge is 2.36. The van der Waals surface area contributed by atoms with Crippen LogP contribution in [0.2, 0.25) is 5.02 Å². The number of amides is 1. The van der Waals surface area contributed by atoms with Gasteiger partial charge in [0.1, 0.15) is 16.3 Å². The summed E-state index contributed by atoms with van der Waals surface area (Å²) in [6.45, 7) is 3.05. The zero-order valence-corrected chi connectivity index (χ0v) is 18.5. The van der Waals surface area contributed by atoms with Gasteiger partial charge in [-0.25, -0.2) is 19.0 Å².